The summed E-state index contributed by atoms with van der Waals surface area (Å²) in [6.45, 7) is 2.50. The molecule has 0 bridgehead atoms. The Balaban J connectivity index is 0. The number of hydrogen-bond acceptors (Lipinski definition) is 6. The molecule has 0 aromatic rings. The van der Waals surface area contributed by atoms with Crippen molar-refractivity contribution >= 4 is 18.7 Å². The van der Waals surface area contributed by atoms with Crippen molar-refractivity contribution < 1.29 is 41.4 Å². The molecule has 0 amide bonds. The fourth-order valence-corrected chi connectivity index (χ4v) is 2.39. The molecule has 16 heavy (non-hydrogen) atoms. The van der Waals surface area contributed by atoms with Crippen LogP contribution in [0.1, 0.15) is 12.8 Å². The van der Waals surface area contributed by atoms with Crippen LogP contribution in [0.3, 0.4) is 0 Å². The molecule has 3 N–H and O–H groups in total. The molecule has 0 atom stereocenters. The first-order chi connectivity index (χ1) is 6.71. The van der Waals surface area contributed by atoms with Gasteiger partial charge in [0.05, 0.1) is 10.1 Å². The Bertz CT molecular complexity index is 266. The van der Waals surface area contributed by atoms with Crippen molar-refractivity contribution in [3.8, 4) is 0 Å². The predicted molar refractivity (Wildman–Crippen MR) is 57.5 cm³/mol. The van der Waals surface area contributed by atoms with Crippen LogP contribution in [-0.2, 0) is 10.1 Å². The van der Waals surface area contributed by atoms with Crippen molar-refractivity contribution in [2.45, 2.75) is 25.4 Å². The summed E-state index contributed by atoms with van der Waals surface area (Å²) in [6, 6.07) is 0.389. The molecule has 0 aromatic heterocycles. The van der Waals surface area contributed by atoms with Crippen LogP contribution in [-0.4, -0.2) is 50.0 Å². The quantitative estimate of drug-likeness (QED) is 0.234. The zero-order chi connectivity index (χ0) is 11.9. The van der Waals surface area contributed by atoms with E-state index in [4.69, 9.17) is 9.59 Å². The van der Waals surface area contributed by atoms with Gasteiger partial charge in [-0.25, -0.2) is 8.42 Å². The maximum Gasteiger partial charge on any atom is 1.00 e. The smallest absolute Gasteiger partial charge is 0.748 e. The molecular formula is C7H18LiNO5SSi. The average Bonchev–Trinajstić information content (AvgIpc) is 1.98. The number of hydrogen-bond donors (Lipinski definition) is 3. The maximum absolute atomic E-state index is 10.2. The summed E-state index contributed by atoms with van der Waals surface area (Å²) in [5, 5.41) is 2.93. The number of rotatable bonds is 8. The normalized spacial score (nSPS) is 12.2. The van der Waals surface area contributed by atoms with E-state index in [0.717, 1.165) is 0 Å². The zero-order valence-electron chi connectivity index (χ0n) is 9.77. The molecule has 0 saturated heterocycles. The van der Waals surface area contributed by atoms with E-state index >= 15 is 0 Å². The van der Waals surface area contributed by atoms with Gasteiger partial charge in [0.1, 0.15) is 0 Å². The molecule has 0 spiro atoms. The van der Waals surface area contributed by atoms with E-state index in [1.165, 1.54) is 6.55 Å². The molecule has 0 heterocycles. The van der Waals surface area contributed by atoms with Gasteiger partial charge in [0.15, 0.2) is 0 Å². The maximum atomic E-state index is 10.2. The largest absolute Gasteiger partial charge is 1.00 e. The molecule has 0 rings (SSSR count). The van der Waals surface area contributed by atoms with Gasteiger partial charge in [-0.3, -0.25) is 0 Å². The molecule has 0 aliphatic heterocycles. The van der Waals surface area contributed by atoms with Crippen LogP contribution in [0.25, 0.3) is 0 Å². The van der Waals surface area contributed by atoms with Crippen LogP contribution in [0.4, 0.5) is 0 Å². The fraction of sp³-hybridized carbons (Fsp3) is 1.00. The molecule has 0 aromatic carbocycles. The van der Waals surface area contributed by atoms with Crippen LogP contribution in [0.15, 0.2) is 0 Å². The first-order valence-electron chi connectivity index (χ1n) is 4.80. The Kier molecular flexibility index (Phi) is 10.3. The molecule has 0 radical (unpaired) electrons. The molecule has 0 unspecified atom stereocenters. The average molecular weight is 263 g/mol. The molecule has 92 valence electrons. The van der Waals surface area contributed by atoms with E-state index in [1.54, 1.807) is 0 Å². The second kappa shape index (κ2) is 8.66. The Morgan fingerprint density at radius 2 is 1.75 bits per heavy atom. The second-order valence-corrected chi connectivity index (χ2v) is 8.14. The van der Waals surface area contributed by atoms with Gasteiger partial charge in [-0.1, -0.05) is 0 Å². The van der Waals surface area contributed by atoms with E-state index < -0.39 is 18.7 Å². The third-order valence-electron chi connectivity index (χ3n) is 1.75. The monoisotopic (exact) mass is 263 g/mol. The van der Waals surface area contributed by atoms with E-state index in [-0.39, 0.29) is 24.6 Å². The van der Waals surface area contributed by atoms with Crippen LogP contribution in [0.2, 0.25) is 12.6 Å². The van der Waals surface area contributed by atoms with Crippen molar-refractivity contribution in [3.63, 3.8) is 0 Å². The van der Waals surface area contributed by atoms with Gasteiger partial charge >= 0.3 is 27.4 Å². The van der Waals surface area contributed by atoms with Gasteiger partial charge in [0, 0.05) is 5.75 Å². The molecule has 0 saturated carbocycles. The summed E-state index contributed by atoms with van der Waals surface area (Å²) in [5.74, 6) is -0.355. The molecular weight excluding hydrogens is 245 g/mol. The predicted octanol–water partition coefficient (Wildman–Crippen LogP) is -4.04. The Labute approximate surface area is 110 Å². The van der Waals surface area contributed by atoms with Gasteiger partial charge in [-0.15, -0.1) is 0 Å². The zero-order valence-corrected chi connectivity index (χ0v) is 11.6. The standard InChI is InChI=1S/C7H19NO5SSi.Li/c1-15(12,13)7-3-5-8-4-2-6-14(9,10)11;/h8,12-13H,2-7H2,1H3,(H,9,10,11);/q;+1/p-1. The van der Waals surface area contributed by atoms with Crippen molar-refractivity contribution in [3.05, 3.63) is 0 Å². The second-order valence-electron chi connectivity index (χ2n) is 3.69. The summed E-state index contributed by atoms with van der Waals surface area (Å²) in [7, 11) is -7.04. The van der Waals surface area contributed by atoms with Crippen molar-refractivity contribution in [2.75, 3.05) is 18.8 Å². The minimum Gasteiger partial charge on any atom is -0.748 e. The molecule has 9 heteroatoms. The van der Waals surface area contributed by atoms with Crippen molar-refractivity contribution in [1.29, 1.82) is 0 Å². The first-order valence-corrected chi connectivity index (χ1v) is 8.98. The van der Waals surface area contributed by atoms with Gasteiger partial charge in [0.25, 0.3) is 0 Å². The fourth-order valence-electron chi connectivity index (χ4n) is 1.05. The van der Waals surface area contributed by atoms with E-state index in [2.05, 4.69) is 5.32 Å². The Morgan fingerprint density at radius 1 is 1.25 bits per heavy atom. The topological polar surface area (TPSA) is 110 Å². The summed E-state index contributed by atoms with van der Waals surface area (Å²) < 4.78 is 30.6. The molecule has 0 fully saturated rings. The van der Waals surface area contributed by atoms with Crippen LogP contribution in [0.5, 0.6) is 0 Å². The van der Waals surface area contributed by atoms with E-state index in [9.17, 15) is 13.0 Å². The summed E-state index contributed by atoms with van der Waals surface area (Å²) in [5.41, 5.74) is 0. The van der Waals surface area contributed by atoms with Gasteiger partial charge in [-0.2, -0.15) is 0 Å². The molecule has 0 aliphatic rings. The third kappa shape index (κ3) is 17.0. The van der Waals surface area contributed by atoms with Crippen LogP contribution >= 0.6 is 0 Å². The van der Waals surface area contributed by atoms with Crippen LogP contribution < -0.4 is 24.2 Å². The number of nitrogens with one attached hydrogen (secondary N) is 1. The van der Waals surface area contributed by atoms with E-state index in [1.807, 2.05) is 0 Å². The Hall–Kier alpha value is 0.604. The van der Waals surface area contributed by atoms with Gasteiger partial charge < -0.3 is 19.5 Å². The summed E-state index contributed by atoms with van der Waals surface area (Å²) in [4.78, 5) is 18.1. The SMILES string of the molecule is C[Si](O)(O)CCCNCCCS(=O)(=O)[O-].[Li+]. The Morgan fingerprint density at radius 3 is 2.19 bits per heavy atom. The summed E-state index contributed by atoms with van der Waals surface area (Å²) in [6.07, 6.45) is 0.929. The first kappa shape index (κ1) is 19.0. The van der Waals surface area contributed by atoms with Gasteiger partial charge in [0.2, 0.25) is 0 Å². The minimum absolute atomic E-state index is 0. The van der Waals surface area contributed by atoms with Crippen molar-refractivity contribution in [2.24, 2.45) is 0 Å². The van der Waals surface area contributed by atoms with Crippen LogP contribution in [0, 0.1) is 0 Å². The van der Waals surface area contributed by atoms with E-state index in [0.29, 0.717) is 32.0 Å². The minimum atomic E-state index is -4.10. The molecule has 0 aliphatic carbocycles. The third-order valence-corrected chi connectivity index (χ3v) is 3.84. The summed E-state index contributed by atoms with van der Waals surface area (Å²) >= 11 is 0. The molecule has 6 nitrogen and oxygen atoms in total. The van der Waals surface area contributed by atoms with Crippen molar-refractivity contribution in [1.82, 2.24) is 5.32 Å². The van der Waals surface area contributed by atoms with Gasteiger partial charge in [-0.05, 0) is 38.5 Å².